The third-order valence-electron chi connectivity index (χ3n) is 2.99. The summed E-state index contributed by atoms with van der Waals surface area (Å²) >= 11 is 5.56. The lowest BCUT2D eigenvalue weighted by molar-refractivity contribution is 0.173. The van der Waals surface area contributed by atoms with Crippen LogP contribution in [0.4, 0.5) is 4.39 Å². The van der Waals surface area contributed by atoms with Crippen molar-refractivity contribution in [3.05, 3.63) is 53.1 Å². The molecule has 0 amide bonds. The number of halogens is 2. The Bertz CT molecular complexity index is 746. The number of sulfonamides is 1. The van der Waals surface area contributed by atoms with Crippen LogP contribution in [0.15, 0.2) is 41.4 Å². The van der Waals surface area contributed by atoms with Gasteiger partial charge in [0.1, 0.15) is 11.9 Å². The first kappa shape index (κ1) is 16.0. The largest absolute Gasteiger partial charge is 0.386 e. The van der Waals surface area contributed by atoms with Gasteiger partial charge in [0, 0.05) is 25.5 Å². The fraction of sp³-hybridized carbons (Fsp3) is 0.231. The molecule has 2 aromatic rings. The van der Waals surface area contributed by atoms with Crippen LogP contribution in [0.5, 0.6) is 0 Å². The van der Waals surface area contributed by atoms with Crippen molar-refractivity contribution in [1.29, 1.82) is 0 Å². The zero-order valence-electron chi connectivity index (χ0n) is 11.1. The van der Waals surface area contributed by atoms with Crippen molar-refractivity contribution in [3.63, 3.8) is 0 Å². The zero-order valence-corrected chi connectivity index (χ0v) is 12.7. The maximum absolute atomic E-state index is 13.0. The molecule has 0 spiro atoms. The Morgan fingerprint density at radius 2 is 2.14 bits per heavy atom. The minimum Gasteiger partial charge on any atom is -0.386 e. The number of aliphatic hydroxyl groups is 1. The number of nitrogens with zero attached hydrogens (tertiary/aromatic N) is 1. The summed E-state index contributed by atoms with van der Waals surface area (Å²) in [6.07, 6.45) is 0.753. The molecule has 114 valence electrons. The van der Waals surface area contributed by atoms with E-state index in [-0.39, 0.29) is 16.5 Å². The van der Waals surface area contributed by atoms with Crippen LogP contribution in [0.3, 0.4) is 0 Å². The standard InChI is InChI=1S/C13H14ClFN2O3S/c1-17-6-2-3-12(17)13(18)8-16-21(19,20)9-4-5-11(15)10(14)7-9/h2-7,13,16,18H,8H2,1H3/t13-/m0/s1. The molecular formula is C13H14ClFN2O3S. The van der Waals surface area contributed by atoms with Crippen molar-refractivity contribution in [2.75, 3.05) is 6.54 Å². The van der Waals surface area contributed by atoms with Crippen molar-refractivity contribution >= 4 is 21.6 Å². The average molecular weight is 333 g/mol. The first-order chi connectivity index (χ1) is 9.81. The fourth-order valence-corrected chi connectivity index (χ4v) is 3.15. The van der Waals surface area contributed by atoms with Crippen LogP contribution in [0.1, 0.15) is 11.8 Å². The summed E-state index contributed by atoms with van der Waals surface area (Å²) in [7, 11) is -2.13. The molecule has 0 aliphatic carbocycles. The molecule has 1 heterocycles. The number of hydrogen-bond acceptors (Lipinski definition) is 3. The van der Waals surface area contributed by atoms with Crippen molar-refractivity contribution in [2.24, 2.45) is 7.05 Å². The maximum Gasteiger partial charge on any atom is 0.240 e. The van der Waals surface area contributed by atoms with Crippen molar-refractivity contribution < 1.29 is 17.9 Å². The van der Waals surface area contributed by atoms with Gasteiger partial charge in [0.05, 0.1) is 9.92 Å². The quantitative estimate of drug-likeness (QED) is 0.877. The van der Waals surface area contributed by atoms with Gasteiger partial charge < -0.3 is 9.67 Å². The molecule has 8 heteroatoms. The SMILES string of the molecule is Cn1cccc1[C@@H](O)CNS(=O)(=O)c1ccc(F)c(Cl)c1. The highest BCUT2D eigenvalue weighted by atomic mass is 35.5. The van der Waals surface area contributed by atoms with Gasteiger partial charge in [-0.05, 0) is 30.3 Å². The van der Waals surface area contributed by atoms with E-state index in [1.165, 1.54) is 0 Å². The second-order valence-corrected chi connectivity index (χ2v) is 6.66. The molecule has 0 aliphatic rings. The molecule has 1 aromatic carbocycles. The lowest BCUT2D eigenvalue weighted by Crippen LogP contribution is -2.29. The number of benzene rings is 1. The molecule has 1 atom stereocenters. The summed E-state index contributed by atoms with van der Waals surface area (Å²) in [4.78, 5) is -0.159. The first-order valence-electron chi connectivity index (χ1n) is 6.05. The van der Waals surface area contributed by atoms with Gasteiger partial charge in [0.15, 0.2) is 0 Å². The van der Waals surface area contributed by atoms with Crippen LogP contribution in [-0.2, 0) is 17.1 Å². The molecule has 5 nitrogen and oxygen atoms in total. The molecule has 0 saturated carbocycles. The summed E-state index contributed by atoms with van der Waals surface area (Å²) < 4.78 is 41.1. The van der Waals surface area contributed by atoms with Crippen LogP contribution in [0.25, 0.3) is 0 Å². The molecule has 2 N–H and O–H groups in total. The van der Waals surface area contributed by atoms with Crippen molar-refractivity contribution in [1.82, 2.24) is 9.29 Å². The molecule has 2 rings (SSSR count). The Morgan fingerprint density at radius 3 is 2.71 bits per heavy atom. The minimum absolute atomic E-state index is 0.159. The third-order valence-corrected chi connectivity index (χ3v) is 4.70. The van der Waals surface area contributed by atoms with Gasteiger partial charge in [0.2, 0.25) is 10.0 Å². The van der Waals surface area contributed by atoms with Gasteiger partial charge in [-0.15, -0.1) is 0 Å². The summed E-state index contributed by atoms with van der Waals surface area (Å²) in [6, 6.07) is 6.54. The van der Waals surface area contributed by atoms with Gasteiger partial charge >= 0.3 is 0 Å². The van der Waals surface area contributed by atoms with E-state index in [1.54, 1.807) is 29.9 Å². The lowest BCUT2D eigenvalue weighted by atomic mass is 10.2. The van der Waals surface area contributed by atoms with Crippen LogP contribution in [0.2, 0.25) is 5.02 Å². The second-order valence-electron chi connectivity index (χ2n) is 4.49. The van der Waals surface area contributed by atoms with E-state index in [9.17, 15) is 17.9 Å². The Kier molecular flexibility index (Phi) is 4.67. The number of rotatable bonds is 5. The number of hydrogen-bond donors (Lipinski definition) is 2. The molecule has 0 radical (unpaired) electrons. The smallest absolute Gasteiger partial charge is 0.240 e. The third kappa shape index (κ3) is 3.62. The highest BCUT2D eigenvalue weighted by molar-refractivity contribution is 7.89. The number of aryl methyl sites for hydroxylation is 1. The molecule has 0 fully saturated rings. The Morgan fingerprint density at radius 1 is 1.43 bits per heavy atom. The average Bonchev–Trinajstić information content (AvgIpc) is 2.85. The van der Waals surface area contributed by atoms with Crippen LogP contribution in [0, 0.1) is 5.82 Å². The summed E-state index contributed by atoms with van der Waals surface area (Å²) in [6.45, 7) is -0.199. The molecule has 0 bridgehead atoms. The first-order valence-corrected chi connectivity index (χ1v) is 7.91. The molecule has 1 aromatic heterocycles. The lowest BCUT2D eigenvalue weighted by Gasteiger charge is -2.13. The summed E-state index contributed by atoms with van der Waals surface area (Å²) in [5.41, 5.74) is 0.579. The van der Waals surface area contributed by atoms with E-state index < -0.39 is 21.9 Å². The molecule has 0 unspecified atom stereocenters. The van der Waals surface area contributed by atoms with Crippen LogP contribution < -0.4 is 4.72 Å². The van der Waals surface area contributed by atoms with Crippen molar-refractivity contribution in [2.45, 2.75) is 11.0 Å². The van der Waals surface area contributed by atoms with Crippen LogP contribution in [-0.4, -0.2) is 24.6 Å². The molecule has 0 aliphatic heterocycles. The highest BCUT2D eigenvalue weighted by Crippen LogP contribution is 2.20. The van der Waals surface area contributed by atoms with Crippen molar-refractivity contribution in [3.8, 4) is 0 Å². The van der Waals surface area contributed by atoms with E-state index in [0.29, 0.717) is 5.69 Å². The van der Waals surface area contributed by atoms with E-state index in [1.807, 2.05) is 0 Å². The van der Waals surface area contributed by atoms with E-state index in [2.05, 4.69) is 4.72 Å². The normalized spacial score (nSPS) is 13.3. The highest BCUT2D eigenvalue weighted by Gasteiger charge is 2.19. The molecule has 0 saturated heterocycles. The van der Waals surface area contributed by atoms with E-state index in [4.69, 9.17) is 11.6 Å². The van der Waals surface area contributed by atoms with E-state index >= 15 is 0 Å². The van der Waals surface area contributed by atoms with Gasteiger partial charge in [-0.2, -0.15) is 0 Å². The fourth-order valence-electron chi connectivity index (χ4n) is 1.84. The number of aliphatic hydroxyl groups excluding tert-OH is 1. The maximum atomic E-state index is 13.0. The summed E-state index contributed by atoms with van der Waals surface area (Å²) in [5.74, 6) is -0.695. The van der Waals surface area contributed by atoms with Gasteiger partial charge in [-0.1, -0.05) is 11.6 Å². The van der Waals surface area contributed by atoms with Gasteiger partial charge in [0.25, 0.3) is 0 Å². The Labute approximate surface area is 127 Å². The monoisotopic (exact) mass is 332 g/mol. The van der Waals surface area contributed by atoms with E-state index in [0.717, 1.165) is 18.2 Å². The zero-order chi connectivity index (χ0) is 15.6. The minimum atomic E-state index is -3.87. The number of nitrogens with one attached hydrogen (secondary N) is 1. The van der Waals surface area contributed by atoms with Gasteiger partial charge in [-0.3, -0.25) is 0 Å². The molecular weight excluding hydrogens is 319 g/mol. The predicted octanol–water partition coefficient (Wildman–Crippen LogP) is 1.83. The number of aromatic nitrogens is 1. The predicted molar refractivity (Wildman–Crippen MR) is 77.0 cm³/mol. The Hall–Kier alpha value is -1.41. The molecule has 21 heavy (non-hydrogen) atoms. The topological polar surface area (TPSA) is 71.3 Å². The van der Waals surface area contributed by atoms with Gasteiger partial charge in [-0.25, -0.2) is 17.5 Å². The second kappa shape index (κ2) is 6.15. The van der Waals surface area contributed by atoms with Crippen LogP contribution >= 0.6 is 11.6 Å². The summed E-state index contributed by atoms with van der Waals surface area (Å²) in [5, 5.41) is 9.69. The Balaban J connectivity index is 2.11.